The lowest BCUT2D eigenvalue weighted by Gasteiger charge is -2.31. The quantitative estimate of drug-likeness (QED) is 0.801. The molecule has 0 amide bonds. The van der Waals surface area contributed by atoms with E-state index in [2.05, 4.69) is 44.0 Å². The first-order chi connectivity index (χ1) is 9.05. The summed E-state index contributed by atoms with van der Waals surface area (Å²) in [6, 6.07) is 8.68. The smallest absolute Gasteiger partial charge is 0.119 e. The van der Waals surface area contributed by atoms with Crippen LogP contribution in [0.3, 0.4) is 0 Å². The van der Waals surface area contributed by atoms with Gasteiger partial charge in [0.1, 0.15) is 5.75 Å². The highest BCUT2D eigenvalue weighted by atomic mass is 16.5. The molecular weight excluding hydrogens is 234 g/mol. The lowest BCUT2D eigenvalue weighted by Crippen LogP contribution is -2.30. The summed E-state index contributed by atoms with van der Waals surface area (Å²) in [5.74, 6) is 1.75. The molecule has 0 radical (unpaired) electrons. The van der Waals surface area contributed by atoms with E-state index in [1.807, 2.05) is 6.07 Å². The van der Waals surface area contributed by atoms with Gasteiger partial charge in [0.25, 0.3) is 0 Å². The number of hydrogen-bond acceptors (Lipinski definition) is 2. The van der Waals surface area contributed by atoms with Crippen LogP contribution in [0.2, 0.25) is 0 Å². The molecule has 1 saturated heterocycles. The van der Waals surface area contributed by atoms with Crippen LogP contribution >= 0.6 is 0 Å². The van der Waals surface area contributed by atoms with Crippen LogP contribution in [0, 0.1) is 5.92 Å². The van der Waals surface area contributed by atoms with E-state index in [-0.39, 0.29) is 0 Å². The maximum absolute atomic E-state index is 5.40. The van der Waals surface area contributed by atoms with Gasteiger partial charge in [-0.3, -0.25) is 0 Å². The van der Waals surface area contributed by atoms with Crippen LogP contribution in [-0.2, 0) is 5.41 Å². The van der Waals surface area contributed by atoms with Gasteiger partial charge in [0.05, 0.1) is 7.11 Å². The molecule has 0 unspecified atom stereocenters. The zero-order valence-corrected chi connectivity index (χ0v) is 12.8. The minimum absolute atomic E-state index is 0.327. The number of methoxy groups -OCH3 is 1. The Morgan fingerprint density at radius 3 is 2.74 bits per heavy atom. The third-order valence-electron chi connectivity index (χ3n) is 4.43. The van der Waals surface area contributed by atoms with Gasteiger partial charge in [-0.1, -0.05) is 32.4 Å². The molecule has 2 nitrogen and oxygen atoms in total. The van der Waals surface area contributed by atoms with Gasteiger partial charge in [0, 0.05) is 12.0 Å². The summed E-state index contributed by atoms with van der Waals surface area (Å²) in [5, 5.41) is 0. The monoisotopic (exact) mass is 261 g/mol. The summed E-state index contributed by atoms with van der Waals surface area (Å²) >= 11 is 0. The average molecular weight is 261 g/mol. The predicted molar refractivity (Wildman–Crippen MR) is 80.9 cm³/mol. The highest BCUT2D eigenvalue weighted by molar-refractivity contribution is 5.35. The normalized spacial score (nSPS) is 24.1. The Bertz CT molecular complexity index is 415. The Morgan fingerprint density at radius 1 is 1.37 bits per heavy atom. The Morgan fingerprint density at radius 2 is 2.16 bits per heavy atom. The van der Waals surface area contributed by atoms with Crippen LogP contribution in [0.4, 0.5) is 0 Å². The molecule has 0 saturated carbocycles. The van der Waals surface area contributed by atoms with Crippen molar-refractivity contribution in [2.45, 2.75) is 38.5 Å². The van der Waals surface area contributed by atoms with Gasteiger partial charge in [0.15, 0.2) is 0 Å². The number of benzene rings is 1. The molecule has 106 valence electrons. The number of ether oxygens (including phenoxy) is 1. The van der Waals surface area contributed by atoms with Crippen molar-refractivity contribution in [3.63, 3.8) is 0 Å². The second-order valence-corrected chi connectivity index (χ2v) is 6.43. The molecule has 1 aliphatic heterocycles. The maximum Gasteiger partial charge on any atom is 0.119 e. The molecule has 1 aliphatic rings. The van der Waals surface area contributed by atoms with Gasteiger partial charge in [-0.15, -0.1) is 0 Å². The number of nitrogens with zero attached hydrogens (tertiary/aromatic N) is 1. The van der Waals surface area contributed by atoms with E-state index in [4.69, 9.17) is 4.74 Å². The molecule has 0 N–H and O–H groups in total. The minimum Gasteiger partial charge on any atom is -0.497 e. The van der Waals surface area contributed by atoms with Crippen LogP contribution < -0.4 is 4.74 Å². The van der Waals surface area contributed by atoms with Gasteiger partial charge in [-0.25, -0.2) is 0 Å². The van der Waals surface area contributed by atoms with E-state index in [1.54, 1.807) is 7.11 Å². The van der Waals surface area contributed by atoms with Gasteiger partial charge in [-0.2, -0.15) is 0 Å². The largest absolute Gasteiger partial charge is 0.497 e. The van der Waals surface area contributed by atoms with E-state index in [0.29, 0.717) is 5.41 Å². The Labute approximate surface area is 117 Å². The summed E-state index contributed by atoms with van der Waals surface area (Å²) in [5.41, 5.74) is 1.78. The SMILES string of the molecule is COc1cccc([C@]2(CCC(C)C)CCN(C)C2)c1. The van der Waals surface area contributed by atoms with Gasteiger partial charge >= 0.3 is 0 Å². The molecule has 1 aromatic carbocycles. The van der Waals surface area contributed by atoms with Crippen molar-refractivity contribution in [1.29, 1.82) is 0 Å². The van der Waals surface area contributed by atoms with Crippen molar-refractivity contribution >= 4 is 0 Å². The number of likely N-dealkylation sites (N-methyl/N-ethyl adjacent to an activating group) is 1. The Kier molecular flexibility index (Phi) is 4.51. The lowest BCUT2D eigenvalue weighted by molar-refractivity contribution is 0.331. The third kappa shape index (κ3) is 3.30. The highest BCUT2D eigenvalue weighted by Gasteiger charge is 2.38. The van der Waals surface area contributed by atoms with Crippen LogP contribution in [-0.4, -0.2) is 32.1 Å². The van der Waals surface area contributed by atoms with Gasteiger partial charge in [-0.05, 0) is 50.0 Å². The molecule has 1 aromatic rings. The minimum atomic E-state index is 0.327. The first-order valence-electron chi connectivity index (χ1n) is 7.39. The molecule has 1 fully saturated rings. The number of likely N-dealkylation sites (tertiary alicyclic amines) is 1. The molecule has 0 aromatic heterocycles. The number of hydrogen-bond donors (Lipinski definition) is 0. The van der Waals surface area contributed by atoms with E-state index < -0.39 is 0 Å². The molecule has 0 aliphatic carbocycles. The fourth-order valence-electron chi connectivity index (χ4n) is 3.18. The second-order valence-electron chi connectivity index (χ2n) is 6.43. The van der Waals surface area contributed by atoms with E-state index in [1.165, 1.54) is 37.9 Å². The Balaban J connectivity index is 2.26. The summed E-state index contributed by atoms with van der Waals surface area (Å²) < 4.78 is 5.40. The topological polar surface area (TPSA) is 12.5 Å². The molecule has 2 rings (SSSR count). The first kappa shape index (κ1) is 14.4. The van der Waals surface area contributed by atoms with E-state index in [9.17, 15) is 0 Å². The van der Waals surface area contributed by atoms with Crippen molar-refractivity contribution in [2.24, 2.45) is 5.92 Å². The van der Waals surface area contributed by atoms with Crippen LogP contribution in [0.5, 0.6) is 5.75 Å². The predicted octanol–water partition coefficient (Wildman–Crippen LogP) is 3.70. The summed E-state index contributed by atoms with van der Waals surface area (Å²) in [6.07, 6.45) is 3.84. The van der Waals surface area contributed by atoms with Crippen LogP contribution in [0.25, 0.3) is 0 Å². The summed E-state index contributed by atoms with van der Waals surface area (Å²) in [7, 11) is 3.98. The second kappa shape index (κ2) is 5.96. The third-order valence-corrected chi connectivity index (χ3v) is 4.43. The van der Waals surface area contributed by atoms with Crippen LogP contribution in [0.15, 0.2) is 24.3 Å². The van der Waals surface area contributed by atoms with Crippen LogP contribution in [0.1, 0.15) is 38.7 Å². The number of rotatable bonds is 5. The molecular formula is C17H27NO. The molecule has 0 spiro atoms. The highest BCUT2D eigenvalue weighted by Crippen LogP contribution is 2.40. The molecule has 2 heteroatoms. The van der Waals surface area contributed by atoms with E-state index in [0.717, 1.165) is 11.7 Å². The average Bonchev–Trinajstić information content (AvgIpc) is 2.79. The van der Waals surface area contributed by atoms with Gasteiger partial charge in [0.2, 0.25) is 0 Å². The molecule has 0 bridgehead atoms. The maximum atomic E-state index is 5.40. The summed E-state index contributed by atoms with van der Waals surface area (Å²) in [6.45, 7) is 7.01. The van der Waals surface area contributed by atoms with Crippen molar-refractivity contribution in [2.75, 3.05) is 27.2 Å². The van der Waals surface area contributed by atoms with Crippen molar-refractivity contribution < 1.29 is 4.74 Å². The zero-order valence-electron chi connectivity index (χ0n) is 12.8. The lowest BCUT2D eigenvalue weighted by atomic mass is 9.75. The fourth-order valence-corrected chi connectivity index (χ4v) is 3.18. The molecule has 1 heterocycles. The first-order valence-corrected chi connectivity index (χ1v) is 7.39. The molecule has 1 atom stereocenters. The van der Waals surface area contributed by atoms with Crippen molar-refractivity contribution in [3.05, 3.63) is 29.8 Å². The fraction of sp³-hybridized carbons (Fsp3) is 0.647. The van der Waals surface area contributed by atoms with E-state index >= 15 is 0 Å². The zero-order chi connectivity index (χ0) is 13.9. The van der Waals surface area contributed by atoms with Crippen molar-refractivity contribution in [3.8, 4) is 5.75 Å². The standard InChI is InChI=1S/C17H27NO/c1-14(2)8-9-17(10-11-18(3)13-17)15-6-5-7-16(12-15)19-4/h5-7,12,14H,8-11,13H2,1-4H3/t17-/m1/s1. The molecule has 19 heavy (non-hydrogen) atoms. The Hall–Kier alpha value is -1.02. The van der Waals surface area contributed by atoms with Gasteiger partial charge < -0.3 is 9.64 Å². The summed E-state index contributed by atoms with van der Waals surface area (Å²) in [4.78, 5) is 2.46. The van der Waals surface area contributed by atoms with Crippen molar-refractivity contribution in [1.82, 2.24) is 4.90 Å².